The number of nitrogens with zero attached hydrogens (tertiary/aromatic N) is 1. The van der Waals surface area contributed by atoms with E-state index in [0.717, 1.165) is 0 Å². The highest BCUT2D eigenvalue weighted by atomic mass is 35.5. The van der Waals surface area contributed by atoms with Gasteiger partial charge in [0.1, 0.15) is 0 Å². The molecule has 22 heavy (non-hydrogen) atoms. The molecule has 0 aliphatic carbocycles. The van der Waals surface area contributed by atoms with Gasteiger partial charge in [0.05, 0.1) is 10.4 Å². The molecule has 0 radical (unpaired) electrons. The van der Waals surface area contributed by atoms with Crippen molar-refractivity contribution in [1.29, 1.82) is 0 Å². The van der Waals surface area contributed by atoms with Gasteiger partial charge < -0.3 is 15.6 Å². The van der Waals surface area contributed by atoms with Crippen LogP contribution >= 0.6 is 11.6 Å². The van der Waals surface area contributed by atoms with Crippen LogP contribution in [0.4, 0.5) is 11.4 Å². The van der Waals surface area contributed by atoms with Crippen molar-refractivity contribution in [2.24, 2.45) is 5.41 Å². The number of hydrogen-bond donors (Lipinski definition) is 2. The fourth-order valence-electron chi connectivity index (χ4n) is 1.99. The number of halogens is 1. The van der Waals surface area contributed by atoms with Crippen LogP contribution in [0.15, 0.2) is 47.4 Å². The molecule has 0 atom stereocenters. The summed E-state index contributed by atoms with van der Waals surface area (Å²) in [5.41, 5.74) is 5.92. The fraction of sp³-hybridized carbons (Fsp3) is 0.250. The highest BCUT2D eigenvalue weighted by Crippen LogP contribution is 2.21. The average molecular weight is 320 g/mol. The van der Waals surface area contributed by atoms with E-state index >= 15 is 0 Å². The molecule has 1 heterocycles. The molecule has 5 nitrogen and oxygen atoms in total. The number of nitrogens with two attached hydrogens (primary N) is 1. The number of hydrogen-bond acceptors (Lipinski definition) is 3. The minimum Gasteiger partial charge on any atom is -0.399 e. The van der Waals surface area contributed by atoms with Gasteiger partial charge in [-0.15, -0.1) is 0 Å². The van der Waals surface area contributed by atoms with Gasteiger partial charge in [0, 0.05) is 30.2 Å². The first kappa shape index (κ1) is 16.1. The first-order chi connectivity index (χ1) is 10.3. The van der Waals surface area contributed by atoms with E-state index in [4.69, 9.17) is 17.3 Å². The van der Waals surface area contributed by atoms with Gasteiger partial charge in [-0.3, -0.25) is 9.59 Å². The van der Waals surface area contributed by atoms with E-state index < -0.39 is 5.41 Å². The Bertz CT molecular complexity index is 736. The van der Waals surface area contributed by atoms with E-state index in [-0.39, 0.29) is 18.0 Å². The van der Waals surface area contributed by atoms with Crippen molar-refractivity contribution in [3.63, 3.8) is 0 Å². The maximum atomic E-state index is 12.4. The normalized spacial score (nSPS) is 11.2. The summed E-state index contributed by atoms with van der Waals surface area (Å²) in [6, 6.07) is 9.80. The van der Waals surface area contributed by atoms with Crippen LogP contribution in [0.5, 0.6) is 0 Å². The Kier molecular flexibility index (Phi) is 4.56. The molecule has 1 amide bonds. The maximum Gasteiger partial charge on any atom is 0.250 e. The smallest absolute Gasteiger partial charge is 0.250 e. The third-order valence-electron chi connectivity index (χ3n) is 3.30. The van der Waals surface area contributed by atoms with Crippen molar-refractivity contribution >= 4 is 28.9 Å². The number of nitrogen functional groups attached to an aromatic ring is 1. The van der Waals surface area contributed by atoms with E-state index in [1.54, 1.807) is 38.1 Å². The Balaban J connectivity index is 2.15. The van der Waals surface area contributed by atoms with Crippen molar-refractivity contribution in [3.8, 4) is 0 Å². The summed E-state index contributed by atoms with van der Waals surface area (Å²) in [5, 5.41) is 3.27. The molecule has 0 unspecified atom stereocenters. The molecule has 6 heteroatoms. The number of carbonyl (C=O) groups excluding carboxylic acids is 1. The van der Waals surface area contributed by atoms with Gasteiger partial charge >= 0.3 is 0 Å². The second-order valence-electron chi connectivity index (χ2n) is 5.77. The minimum absolute atomic E-state index is 0.191. The summed E-state index contributed by atoms with van der Waals surface area (Å²) < 4.78 is 1.44. The second-order valence-corrected chi connectivity index (χ2v) is 6.21. The predicted molar refractivity (Wildman–Crippen MR) is 89.0 cm³/mol. The molecule has 0 bridgehead atoms. The van der Waals surface area contributed by atoms with Crippen LogP contribution in [-0.2, 0) is 11.3 Å². The van der Waals surface area contributed by atoms with Crippen LogP contribution in [0.1, 0.15) is 13.8 Å². The summed E-state index contributed by atoms with van der Waals surface area (Å²) in [5.74, 6) is -0.191. The van der Waals surface area contributed by atoms with Crippen molar-refractivity contribution in [3.05, 3.63) is 58.0 Å². The standard InChI is InChI=1S/C16H18ClN3O2/c1-16(2,10-20-9-11(17)3-8-14(20)21)15(22)19-13-6-4-12(18)5-7-13/h3-9H,10,18H2,1-2H3,(H,19,22). The third-order valence-corrected chi connectivity index (χ3v) is 3.52. The number of aromatic nitrogens is 1. The molecule has 2 rings (SSSR count). The van der Waals surface area contributed by atoms with Gasteiger partial charge in [-0.1, -0.05) is 11.6 Å². The zero-order chi connectivity index (χ0) is 16.3. The molecule has 3 N–H and O–H groups in total. The van der Waals surface area contributed by atoms with Crippen LogP contribution in [-0.4, -0.2) is 10.5 Å². The minimum atomic E-state index is -0.782. The molecule has 0 saturated carbocycles. The highest BCUT2D eigenvalue weighted by Gasteiger charge is 2.28. The second kappa shape index (κ2) is 6.23. The topological polar surface area (TPSA) is 77.1 Å². The summed E-state index contributed by atoms with van der Waals surface area (Å²) in [4.78, 5) is 24.3. The largest absolute Gasteiger partial charge is 0.399 e. The predicted octanol–water partition coefficient (Wildman–Crippen LogP) is 2.75. The summed E-state index contributed by atoms with van der Waals surface area (Å²) >= 11 is 5.90. The number of nitrogens with one attached hydrogen (secondary N) is 1. The lowest BCUT2D eigenvalue weighted by Gasteiger charge is -2.24. The fourth-order valence-corrected chi connectivity index (χ4v) is 2.17. The summed E-state index contributed by atoms with van der Waals surface area (Å²) in [6.45, 7) is 3.77. The lowest BCUT2D eigenvalue weighted by Crippen LogP contribution is -2.37. The molecule has 0 aliphatic heterocycles. The highest BCUT2D eigenvalue weighted by molar-refractivity contribution is 6.30. The lowest BCUT2D eigenvalue weighted by molar-refractivity contribution is -0.124. The quantitative estimate of drug-likeness (QED) is 0.851. The SMILES string of the molecule is CC(C)(Cn1cc(Cl)ccc1=O)C(=O)Nc1ccc(N)cc1. The molecule has 0 spiro atoms. The molecule has 1 aromatic heterocycles. The number of anilines is 2. The van der Waals surface area contributed by atoms with E-state index in [2.05, 4.69) is 5.32 Å². The first-order valence-electron chi connectivity index (χ1n) is 6.81. The Morgan fingerprint density at radius 2 is 1.86 bits per heavy atom. The zero-order valence-corrected chi connectivity index (χ0v) is 13.2. The van der Waals surface area contributed by atoms with Crippen molar-refractivity contribution in [1.82, 2.24) is 4.57 Å². The summed E-state index contributed by atoms with van der Waals surface area (Å²) in [6.07, 6.45) is 1.53. The zero-order valence-electron chi connectivity index (χ0n) is 12.5. The van der Waals surface area contributed by atoms with Crippen LogP contribution in [0, 0.1) is 5.41 Å². The molecule has 0 aliphatic rings. The Hall–Kier alpha value is -2.27. The van der Waals surface area contributed by atoms with E-state index in [0.29, 0.717) is 16.4 Å². The van der Waals surface area contributed by atoms with Gasteiger partial charge in [-0.05, 0) is 44.2 Å². The van der Waals surface area contributed by atoms with Gasteiger partial charge in [-0.2, -0.15) is 0 Å². The Labute approximate surface area is 133 Å². The molecule has 0 saturated heterocycles. The van der Waals surface area contributed by atoms with Crippen LogP contribution in [0.2, 0.25) is 5.02 Å². The third kappa shape index (κ3) is 3.89. The van der Waals surface area contributed by atoms with Gasteiger partial charge in [0.15, 0.2) is 0 Å². The van der Waals surface area contributed by atoms with Crippen LogP contribution < -0.4 is 16.6 Å². The van der Waals surface area contributed by atoms with Gasteiger partial charge in [-0.25, -0.2) is 0 Å². The molecule has 116 valence electrons. The molecule has 0 fully saturated rings. The van der Waals surface area contributed by atoms with Crippen molar-refractivity contribution in [2.75, 3.05) is 11.1 Å². The molecule has 2 aromatic rings. The van der Waals surface area contributed by atoms with Crippen LogP contribution in [0.3, 0.4) is 0 Å². The van der Waals surface area contributed by atoms with Crippen molar-refractivity contribution < 1.29 is 4.79 Å². The Morgan fingerprint density at radius 1 is 1.23 bits per heavy atom. The Morgan fingerprint density at radius 3 is 2.50 bits per heavy atom. The first-order valence-corrected chi connectivity index (χ1v) is 7.19. The number of carbonyl (C=O) groups is 1. The molecular formula is C16H18ClN3O2. The van der Waals surface area contributed by atoms with Gasteiger partial charge in [0.2, 0.25) is 5.91 Å². The number of pyridine rings is 1. The van der Waals surface area contributed by atoms with Crippen LogP contribution in [0.25, 0.3) is 0 Å². The average Bonchev–Trinajstić information content (AvgIpc) is 2.45. The summed E-state index contributed by atoms with van der Waals surface area (Å²) in [7, 11) is 0. The number of rotatable bonds is 4. The number of amides is 1. The lowest BCUT2D eigenvalue weighted by atomic mass is 9.92. The molecule has 1 aromatic carbocycles. The van der Waals surface area contributed by atoms with E-state index in [1.807, 2.05) is 0 Å². The van der Waals surface area contributed by atoms with Gasteiger partial charge in [0.25, 0.3) is 5.56 Å². The van der Waals surface area contributed by atoms with Crippen molar-refractivity contribution in [2.45, 2.75) is 20.4 Å². The van der Waals surface area contributed by atoms with E-state index in [1.165, 1.54) is 22.9 Å². The maximum absolute atomic E-state index is 12.4. The monoisotopic (exact) mass is 319 g/mol. The van der Waals surface area contributed by atoms with E-state index in [9.17, 15) is 9.59 Å². The number of benzene rings is 1. The molecular weight excluding hydrogens is 302 g/mol.